The third kappa shape index (κ3) is 4.45. The Balaban J connectivity index is 2.28. The Kier molecular flexibility index (Phi) is 5.23. The Bertz CT molecular complexity index is 334. The molecule has 4 nitrogen and oxygen atoms in total. The van der Waals surface area contributed by atoms with Crippen LogP contribution < -0.4 is 5.32 Å². The molecule has 0 amide bonds. The van der Waals surface area contributed by atoms with Gasteiger partial charge in [0.05, 0.1) is 31.5 Å². The number of nitriles is 1. The molecule has 0 atom stereocenters. The smallest absolute Gasteiger partial charge is 0.0992 e. The summed E-state index contributed by atoms with van der Waals surface area (Å²) in [7, 11) is 0. The number of nitrogens with one attached hydrogen (secondary N) is 1. The van der Waals surface area contributed by atoms with Crippen molar-refractivity contribution in [2.75, 3.05) is 31.7 Å². The zero-order valence-corrected chi connectivity index (χ0v) is 8.44. The number of ether oxygens (including phenoxy) is 1. The van der Waals surface area contributed by atoms with Gasteiger partial charge in [-0.1, -0.05) is 6.07 Å². The Labute approximate surface area is 89.1 Å². The molecular formula is C11H14N2O2. The van der Waals surface area contributed by atoms with Gasteiger partial charge in [0.25, 0.3) is 0 Å². The van der Waals surface area contributed by atoms with Gasteiger partial charge in [-0.2, -0.15) is 5.26 Å². The first-order valence-electron chi connectivity index (χ1n) is 4.79. The van der Waals surface area contributed by atoms with Crippen molar-refractivity contribution in [3.05, 3.63) is 29.8 Å². The molecule has 0 aliphatic heterocycles. The standard InChI is InChI=1S/C11H14N2O2/c12-9-10-2-1-3-11(8-10)13-4-6-15-7-5-14/h1-3,8,13-14H,4-7H2. The van der Waals surface area contributed by atoms with Gasteiger partial charge in [0.2, 0.25) is 0 Å². The molecule has 80 valence electrons. The minimum Gasteiger partial charge on any atom is -0.394 e. The molecule has 0 aliphatic rings. The largest absolute Gasteiger partial charge is 0.394 e. The number of aliphatic hydroxyl groups excluding tert-OH is 1. The monoisotopic (exact) mass is 206 g/mol. The van der Waals surface area contributed by atoms with E-state index in [2.05, 4.69) is 11.4 Å². The van der Waals surface area contributed by atoms with Crippen LogP contribution in [0.2, 0.25) is 0 Å². The van der Waals surface area contributed by atoms with Crippen LogP contribution in [0.15, 0.2) is 24.3 Å². The molecule has 0 saturated heterocycles. The zero-order valence-electron chi connectivity index (χ0n) is 8.44. The lowest BCUT2D eigenvalue weighted by molar-refractivity contribution is 0.0992. The van der Waals surface area contributed by atoms with Crippen LogP contribution in [0, 0.1) is 11.3 Å². The third-order valence-electron chi connectivity index (χ3n) is 1.80. The summed E-state index contributed by atoms with van der Waals surface area (Å²) in [6.07, 6.45) is 0. The summed E-state index contributed by atoms with van der Waals surface area (Å²) in [4.78, 5) is 0. The second kappa shape index (κ2) is 6.82. The quantitative estimate of drug-likeness (QED) is 0.681. The first-order valence-corrected chi connectivity index (χ1v) is 4.79. The Hall–Kier alpha value is -1.57. The van der Waals surface area contributed by atoms with Crippen molar-refractivity contribution in [2.45, 2.75) is 0 Å². The summed E-state index contributed by atoms with van der Waals surface area (Å²) in [5, 5.41) is 20.3. The number of hydrogen-bond acceptors (Lipinski definition) is 4. The van der Waals surface area contributed by atoms with E-state index in [1.807, 2.05) is 12.1 Å². The molecule has 1 aromatic carbocycles. The van der Waals surface area contributed by atoms with E-state index in [9.17, 15) is 0 Å². The molecule has 0 aliphatic carbocycles. The fourth-order valence-electron chi connectivity index (χ4n) is 1.13. The van der Waals surface area contributed by atoms with Crippen molar-refractivity contribution in [3.63, 3.8) is 0 Å². The fraction of sp³-hybridized carbons (Fsp3) is 0.364. The van der Waals surface area contributed by atoms with Gasteiger partial charge in [0.15, 0.2) is 0 Å². The molecule has 0 bridgehead atoms. The van der Waals surface area contributed by atoms with E-state index >= 15 is 0 Å². The van der Waals surface area contributed by atoms with Crippen molar-refractivity contribution in [1.29, 1.82) is 5.26 Å². The minimum atomic E-state index is 0.0456. The maximum Gasteiger partial charge on any atom is 0.0992 e. The van der Waals surface area contributed by atoms with Gasteiger partial charge in [-0.3, -0.25) is 0 Å². The van der Waals surface area contributed by atoms with E-state index < -0.39 is 0 Å². The Morgan fingerprint density at radius 1 is 1.40 bits per heavy atom. The summed E-state index contributed by atoms with van der Waals surface area (Å²) < 4.78 is 5.08. The van der Waals surface area contributed by atoms with E-state index in [0.29, 0.717) is 25.3 Å². The topological polar surface area (TPSA) is 65.3 Å². The predicted octanol–water partition coefficient (Wildman–Crippen LogP) is 0.979. The maximum atomic E-state index is 8.67. The first kappa shape index (κ1) is 11.5. The summed E-state index contributed by atoms with van der Waals surface area (Å²) >= 11 is 0. The minimum absolute atomic E-state index is 0.0456. The van der Waals surface area contributed by atoms with Crippen molar-refractivity contribution in [3.8, 4) is 6.07 Å². The van der Waals surface area contributed by atoms with Crippen molar-refractivity contribution >= 4 is 5.69 Å². The number of hydrogen-bond donors (Lipinski definition) is 2. The molecule has 0 spiro atoms. The number of rotatable bonds is 6. The van der Waals surface area contributed by atoms with Gasteiger partial charge >= 0.3 is 0 Å². The summed E-state index contributed by atoms with van der Waals surface area (Å²) in [6, 6.07) is 9.34. The molecule has 0 radical (unpaired) electrons. The van der Waals surface area contributed by atoms with Crippen molar-refractivity contribution in [1.82, 2.24) is 0 Å². The van der Waals surface area contributed by atoms with E-state index in [0.717, 1.165) is 5.69 Å². The van der Waals surface area contributed by atoms with Gasteiger partial charge < -0.3 is 15.2 Å². The second-order valence-electron chi connectivity index (χ2n) is 2.96. The summed E-state index contributed by atoms with van der Waals surface area (Å²) in [5.41, 5.74) is 1.54. The second-order valence-corrected chi connectivity index (χ2v) is 2.96. The Morgan fingerprint density at radius 3 is 3.00 bits per heavy atom. The van der Waals surface area contributed by atoms with E-state index in [1.54, 1.807) is 12.1 Å². The zero-order chi connectivity index (χ0) is 10.9. The van der Waals surface area contributed by atoms with E-state index in [4.69, 9.17) is 15.1 Å². The van der Waals surface area contributed by atoms with E-state index in [1.165, 1.54) is 0 Å². The van der Waals surface area contributed by atoms with Gasteiger partial charge in [-0.15, -0.1) is 0 Å². The van der Waals surface area contributed by atoms with Crippen LogP contribution in [0.5, 0.6) is 0 Å². The molecule has 0 heterocycles. The number of anilines is 1. The lowest BCUT2D eigenvalue weighted by Gasteiger charge is -2.06. The van der Waals surface area contributed by atoms with Gasteiger partial charge in [-0.25, -0.2) is 0 Å². The summed E-state index contributed by atoms with van der Waals surface area (Å²) in [5.74, 6) is 0. The molecular weight excluding hydrogens is 192 g/mol. The molecule has 15 heavy (non-hydrogen) atoms. The highest BCUT2D eigenvalue weighted by molar-refractivity contribution is 5.48. The maximum absolute atomic E-state index is 8.67. The van der Waals surface area contributed by atoms with Crippen LogP contribution in [0.4, 0.5) is 5.69 Å². The SMILES string of the molecule is N#Cc1cccc(NCCOCCO)c1. The predicted molar refractivity (Wildman–Crippen MR) is 57.6 cm³/mol. The highest BCUT2D eigenvalue weighted by atomic mass is 16.5. The van der Waals surface area contributed by atoms with Crippen molar-refractivity contribution in [2.24, 2.45) is 0 Å². The molecule has 0 aromatic heterocycles. The normalized spacial score (nSPS) is 9.60. The lowest BCUT2D eigenvalue weighted by atomic mass is 10.2. The summed E-state index contributed by atoms with van der Waals surface area (Å²) in [6.45, 7) is 1.61. The highest BCUT2D eigenvalue weighted by Crippen LogP contribution is 2.08. The van der Waals surface area contributed by atoms with Crippen molar-refractivity contribution < 1.29 is 9.84 Å². The van der Waals surface area contributed by atoms with Crippen LogP contribution in [-0.4, -0.2) is 31.5 Å². The molecule has 0 saturated carbocycles. The van der Waals surface area contributed by atoms with Crippen LogP contribution in [0.1, 0.15) is 5.56 Å². The average Bonchev–Trinajstić information content (AvgIpc) is 2.29. The van der Waals surface area contributed by atoms with E-state index in [-0.39, 0.29) is 6.61 Å². The molecule has 0 fully saturated rings. The molecule has 2 N–H and O–H groups in total. The first-order chi connectivity index (χ1) is 7.36. The van der Waals surface area contributed by atoms with Gasteiger partial charge in [0, 0.05) is 12.2 Å². The average molecular weight is 206 g/mol. The highest BCUT2D eigenvalue weighted by Gasteiger charge is 1.93. The van der Waals surface area contributed by atoms with Gasteiger partial charge in [0.1, 0.15) is 0 Å². The number of aliphatic hydroxyl groups is 1. The molecule has 4 heteroatoms. The lowest BCUT2D eigenvalue weighted by Crippen LogP contribution is -2.11. The number of benzene rings is 1. The van der Waals surface area contributed by atoms with Crippen LogP contribution in [0.25, 0.3) is 0 Å². The Morgan fingerprint density at radius 2 is 2.27 bits per heavy atom. The van der Waals surface area contributed by atoms with Crippen LogP contribution >= 0.6 is 0 Å². The van der Waals surface area contributed by atoms with Gasteiger partial charge in [-0.05, 0) is 18.2 Å². The molecule has 1 aromatic rings. The molecule has 0 unspecified atom stereocenters. The third-order valence-corrected chi connectivity index (χ3v) is 1.80. The van der Waals surface area contributed by atoms with Crippen LogP contribution in [-0.2, 0) is 4.74 Å². The fourth-order valence-corrected chi connectivity index (χ4v) is 1.13. The van der Waals surface area contributed by atoms with Crippen LogP contribution in [0.3, 0.4) is 0 Å². The number of nitrogens with zero attached hydrogens (tertiary/aromatic N) is 1. The molecule has 1 rings (SSSR count).